The first-order valence-electron chi connectivity index (χ1n) is 7.80. The van der Waals surface area contributed by atoms with Gasteiger partial charge in [-0.2, -0.15) is 0 Å². The molecule has 0 unspecified atom stereocenters. The van der Waals surface area contributed by atoms with E-state index in [1.165, 1.54) is 77.5 Å². The second kappa shape index (κ2) is 7.38. The molecule has 1 aliphatic carbocycles. The van der Waals surface area contributed by atoms with Gasteiger partial charge in [0.2, 0.25) is 0 Å². The van der Waals surface area contributed by atoms with Crippen LogP contribution in [0.1, 0.15) is 58.3 Å². The first kappa shape index (κ1) is 13.4. The quantitative estimate of drug-likeness (QED) is 0.810. The van der Waals surface area contributed by atoms with E-state index in [9.17, 15) is 0 Å². The summed E-state index contributed by atoms with van der Waals surface area (Å²) in [6.07, 6.45) is 11.4. The molecule has 17 heavy (non-hydrogen) atoms. The standard InChI is InChI=1S/C15H30N2/c1-14-6-8-15(9-7-14)16-10-13-17-11-4-2-3-5-12-17/h14-16H,2-13H2,1H3. The van der Waals surface area contributed by atoms with E-state index in [-0.39, 0.29) is 0 Å². The van der Waals surface area contributed by atoms with Gasteiger partial charge in [0, 0.05) is 19.1 Å². The molecule has 0 spiro atoms. The molecule has 0 atom stereocenters. The lowest BCUT2D eigenvalue weighted by molar-refractivity contribution is 0.260. The van der Waals surface area contributed by atoms with E-state index in [4.69, 9.17) is 0 Å². The molecule has 0 bridgehead atoms. The number of hydrogen-bond acceptors (Lipinski definition) is 2. The fourth-order valence-corrected chi connectivity index (χ4v) is 3.25. The van der Waals surface area contributed by atoms with Crippen molar-refractivity contribution < 1.29 is 0 Å². The lowest BCUT2D eigenvalue weighted by Gasteiger charge is -2.28. The molecule has 2 nitrogen and oxygen atoms in total. The van der Waals surface area contributed by atoms with Crippen molar-refractivity contribution in [3.63, 3.8) is 0 Å². The van der Waals surface area contributed by atoms with E-state index in [1.807, 2.05) is 0 Å². The van der Waals surface area contributed by atoms with E-state index >= 15 is 0 Å². The van der Waals surface area contributed by atoms with Crippen molar-refractivity contribution >= 4 is 0 Å². The molecule has 1 saturated carbocycles. The molecule has 1 heterocycles. The van der Waals surface area contributed by atoms with Crippen LogP contribution in [0.15, 0.2) is 0 Å². The Morgan fingerprint density at radius 1 is 0.941 bits per heavy atom. The summed E-state index contributed by atoms with van der Waals surface area (Å²) < 4.78 is 0. The van der Waals surface area contributed by atoms with Gasteiger partial charge < -0.3 is 10.2 Å². The van der Waals surface area contributed by atoms with Crippen LogP contribution in [0.3, 0.4) is 0 Å². The summed E-state index contributed by atoms with van der Waals surface area (Å²) >= 11 is 0. The Hall–Kier alpha value is -0.0800. The van der Waals surface area contributed by atoms with Gasteiger partial charge in [-0.05, 0) is 57.5 Å². The maximum Gasteiger partial charge on any atom is 0.0107 e. The molecule has 100 valence electrons. The second-order valence-corrected chi connectivity index (χ2v) is 6.17. The summed E-state index contributed by atoms with van der Waals surface area (Å²) in [4.78, 5) is 2.66. The van der Waals surface area contributed by atoms with Gasteiger partial charge in [-0.25, -0.2) is 0 Å². The molecule has 2 fully saturated rings. The van der Waals surface area contributed by atoms with Crippen molar-refractivity contribution in [2.75, 3.05) is 26.2 Å². The zero-order valence-corrected chi connectivity index (χ0v) is 11.6. The average molecular weight is 238 g/mol. The SMILES string of the molecule is CC1CCC(NCCN2CCCCCC2)CC1. The number of hydrogen-bond donors (Lipinski definition) is 1. The van der Waals surface area contributed by atoms with Crippen LogP contribution in [0.5, 0.6) is 0 Å². The van der Waals surface area contributed by atoms with Gasteiger partial charge in [0.25, 0.3) is 0 Å². The summed E-state index contributed by atoms with van der Waals surface area (Å²) in [5.41, 5.74) is 0. The highest BCUT2D eigenvalue weighted by Crippen LogP contribution is 2.23. The summed E-state index contributed by atoms with van der Waals surface area (Å²) in [5, 5.41) is 3.77. The third kappa shape index (κ3) is 4.97. The Morgan fingerprint density at radius 2 is 1.59 bits per heavy atom. The van der Waals surface area contributed by atoms with Crippen LogP contribution >= 0.6 is 0 Å². The Bertz CT molecular complexity index is 189. The minimum Gasteiger partial charge on any atom is -0.313 e. The van der Waals surface area contributed by atoms with Crippen LogP contribution in [0.4, 0.5) is 0 Å². The Kier molecular flexibility index (Phi) is 5.79. The molecule has 2 aliphatic rings. The molecule has 1 N–H and O–H groups in total. The molecular weight excluding hydrogens is 208 g/mol. The summed E-state index contributed by atoms with van der Waals surface area (Å²) in [6.45, 7) is 7.55. The first-order valence-corrected chi connectivity index (χ1v) is 7.80. The van der Waals surface area contributed by atoms with Gasteiger partial charge in [0.1, 0.15) is 0 Å². The maximum absolute atomic E-state index is 3.77. The summed E-state index contributed by atoms with van der Waals surface area (Å²) in [5.74, 6) is 0.971. The molecule has 2 rings (SSSR count). The van der Waals surface area contributed by atoms with Gasteiger partial charge in [0.05, 0.1) is 0 Å². The third-order valence-corrected chi connectivity index (χ3v) is 4.58. The smallest absolute Gasteiger partial charge is 0.0107 e. The van der Waals surface area contributed by atoms with Crippen LogP contribution in [0.2, 0.25) is 0 Å². The van der Waals surface area contributed by atoms with Crippen molar-refractivity contribution in [2.24, 2.45) is 5.92 Å². The van der Waals surface area contributed by atoms with E-state index in [1.54, 1.807) is 0 Å². The van der Waals surface area contributed by atoms with Crippen LogP contribution in [0.25, 0.3) is 0 Å². The molecule has 0 aromatic rings. The van der Waals surface area contributed by atoms with E-state index in [0.29, 0.717) is 0 Å². The number of likely N-dealkylation sites (tertiary alicyclic amines) is 1. The molecule has 0 aromatic heterocycles. The van der Waals surface area contributed by atoms with E-state index < -0.39 is 0 Å². The molecule has 1 saturated heterocycles. The number of rotatable bonds is 4. The average Bonchev–Trinajstić information content (AvgIpc) is 2.60. The Balaban J connectivity index is 1.55. The van der Waals surface area contributed by atoms with Crippen LogP contribution in [-0.2, 0) is 0 Å². The lowest BCUT2D eigenvalue weighted by Crippen LogP contribution is -2.39. The van der Waals surface area contributed by atoms with E-state index in [0.717, 1.165) is 12.0 Å². The van der Waals surface area contributed by atoms with Crippen molar-refractivity contribution in [2.45, 2.75) is 64.3 Å². The van der Waals surface area contributed by atoms with Crippen molar-refractivity contribution in [1.82, 2.24) is 10.2 Å². The molecular formula is C15H30N2. The molecule has 0 aromatic carbocycles. The summed E-state index contributed by atoms with van der Waals surface area (Å²) in [7, 11) is 0. The predicted molar refractivity (Wildman–Crippen MR) is 74.3 cm³/mol. The first-order chi connectivity index (χ1) is 8.34. The zero-order chi connectivity index (χ0) is 11.9. The molecule has 2 heteroatoms. The topological polar surface area (TPSA) is 15.3 Å². The van der Waals surface area contributed by atoms with Gasteiger partial charge in [0.15, 0.2) is 0 Å². The fraction of sp³-hybridized carbons (Fsp3) is 1.00. The van der Waals surface area contributed by atoms with Crippen LogP contribution in [-0.4, -0.2) is 37.1 Å². The van der Waals surface area contributed by atoms with Crippen molar-refractivity contribution in [3.8, 4) is 0 Å². The maximum atomic E-state index is 3.77. The normalized spacial score (nSPS) is 32.3. The van der Waals surface area contributed by atoms with E-state index in [2.05, 4.69) is 17.1 Å². The van der Waals surface area contributed by atoms with Crippen molar-refractivity contribution in [1.29, 1.82) is 0 Å². The number of nitrogens with one attached hydrogen (secondary N) is 1. The van der Waals surface area contributed by atoms with Gasteiger partial charge >= 0.3 is 0 Å². The highest BCUT2D eigenvalue weighted by molar-refractivity contribution is 4.76. The Morgan fingerprint density at radius 3 is 2.24 bits per heavy atom. The minimum absolute atomic E-state index is 0.818. The lowest BCUT2D eigenvalue weighted by atomic mass is 9.87. The Labute approximate surface area is 107 Å². The highest BCUT2D eigenvalue weighted by Gasteiger charge is 2.17. The monoisotopic (exact) mass is 238 g/mol. The minimum atomic E-state index is 0.818. The number of nitrogens with zero attached hydrogens (tertiary/aromatic N) is 1. The summed E-state index contributed by atoms with van der Waals surface area (Å²) in [6, 6.07) is 0.818. The highest BCUT2D eigenvalue weighted by atomic mass is 15.1. The van der Waals surface area contributed by atoms with Gasteiger partial charge in [-0.1, -0.05) is 19.8 Å². The predicted octanol–water partition coefficient (Wildman–Crippen LogP) is 3.03. The van der Waals surface area contributed by atoms with Crippen LogP contribution in [0, 0.1) is 5.92 Å². The van der Waals surface area contributed by atoms with Crippen LogP contribution < -0.4 is 5.32 Å². The molecule has 0 radical (unpaired) electrons. The third-order valence-electron chi connectivity index (χ3n) is 4.58. The molecule has 1 aliphatic heterocycles. The second-order valence-electron chi connectivity index (χ2n) is 6.17. The zero-order valence-electron chi connectivity index (χ0n) is 11.6. The van der Waals surface area contributed by atoms with Crippen molar-refractivity contribution in [3.05, 3.63) is 0 Å². The fourth-order valence-electron chi connectivity index (χ4n) is 3.25. The van der Waals surface area contributed by atoms with Gasteiger partial charge in [-0.15, -0.1) is 0 Å². The van der Waals surface area contributed by atoms with Gasteiger partial charge in [-0.3, -0.25) is 0 Å². The molecule has 0 amide bonds. The largest absolute Gasteiger partial charge is 0.313 e.